The second-order valence-electron chi connectivity index (χ2n) is 4.18. The minimum Gasteiger partial charge on any atom is -0.298 e. The van der Waals surface area contributed by atoms with E-state index >= 15 is 0 Å². The van der Waals surface area contributed by atoms with Crippen molar-refractivity contribution in [3.63, 3.8) is 0 Å². The summed E-state index contributed by atoms with van der Waals surface area (Å²) in [4.78, 5) is 11.0. The van der Waals surface area contributed by atoms with Crippen LogP contribution in [0.1, 0.15) is 24.2 Å². The van der Waals surface area contributed by atoms with Crippen molar-refractivity contribution in [1.82, 2.24) is 9.78 Å². The van der Waals surface area contributed by atoms with Crippen molar-refractivity contribution in [3.8, 4) is 11.3 Å². The molecule has 0 aliphatic rings. The Balaban J connectivity index is 2.37. The van der Waals surface area contributed by atoms with E-state index < -0.39 is 0 Å². The second kappa shape index (κ2) is 4.61. The Morgan fingerprint density at radius 1 is 1.56 bits per heavy atom. The molecule has 0 N–H and O–H groups in total. The first-order valence-corrected chi connectivity index (χ1v) is 6.20. The zero-order chi connectivity index (χ0) is 11.5. The molecule has 0 radical (unpaired) electrons. The van der Waals surface area contributed by atoms with E-state index in [0.29, 0.717) is 11.5 Å². The van der Waals surface area contributed by atoms with Gasteiger partial charge in [0.15, 0.2) is 6.29 Å². The lowest BCUT2D eigenvalue weighted by molar-refractivity contribution is 0.112. The molecule has 4 heteroatoms. The van der Waals surface area contributed by atoms with Crippen molar-refractivity contribution < 1.29 is 4.79 Å². The first kappa shape index (κ1) is 11.1. The SMILES string of the molecule is CC(C)Cn1cc(C=O)c(-c2ccsc2)n1. The quantitative estimate of drug-likeness (QED) is 0.762. The van der Waals surface area contributed by atoms with Crippen LogP contribution in [-0.4, -0.2) is 16.1 Å². The topological polar surface area (TPSA) is 34.9 Å². The molecular weight excluding hydrogens is 220 g/mol. The molecule has 0 spiro atoms. The molecule has 0 atom stereocenters. The molecule has 0 aliphatic heterocycles. The Kier molecular flexibility index (Phi) is 3.19. The van der Waals surface area contributed by atoms with Gasteiger partial charge in [-0.3, -0.25) is 9.48 Å². The average Bonchev–Trinajstić information content (AvgIpc) is 2.83. The third-order valence-corrected chi connectivity index (χ3v) is 2.95. The Hall–Kier alpha value is -1.42. The molecule has 0 aliphatic carbocycles. The molecule has 0 unspecified atom stereocenters. The number of hydrogen-bond donors (Lipinski definition) is 0. The van der Waals surface area contributed by atoms with Gasteiger partial charge in [0.25, 0.3) is 0 Å². The molecule has 2 rings (SSSR count). The first-order valence-electron chi connectivity index (χ1n) is 5.26. The number of carbonyl (C=O) groups excluding carboxylic acids is 1. The summed E-state index contributed by atoms with van der Waals surface area (Å²) < 4.78 is 1.85. The predicted molar refractivity (Wildman–Crippen MR) is 65.8 cm³/mol. The van der Waals surface area contributed by atoms with Gasteiger partial charge in [0, 0.05) is 23.7 Å². The summed E-state index contributed by atoms with van der Waals surface area (Å²) in [6.45, 7) is 5.10. The van der Waals surface area contributed by atoms with Crippen LogP contribution >= 0.6 is 11.3 Å². The molecule has 0 bridgehead atoms. The average molecular weight is 234 g/mol. The molecule has 0 amide bonds. The van der Waals surface area contributed by atoms with Gasteiger partial charge in [-0.25, -0.2) is 0 Å². The van der Waals surface area contributed by atoms with Crippen LogP contribution in [0.3, 0.4) is 0 Å². The van der Waals surface area contributed by atoms with Crippen LogP contribution in [0.25, 0.3) is 11.3 Å². The lowest BCUT2D eigenvalue weighted by Gasteiger charge is -2.03. The number of nitrogens with zero attached hydrogens (tertiary/aromatic N) is 2. The minimum atomic E-state index is 0.523. The Bertz CT molecular complexity index is 471. The number of aromatic nitrogens is 2. The van der Waals surface area contributed by atoms with Crippen LogP contribution < -0.4 is 0 Å². The highest BCUT2D eigenvalue weighted by molar-refractivity contribution is 7.08. The summed E-state index contributed by atoms with van der Waals surface area (Å²) in [5.74, 6) is 0.523. The highest BCUT2D eigenvalue weighted by atomic mass is 32.1. The predicted octanol–water partition coefficient (Wildman–Crippen LogP) is 3.08. The van der Waals surface area contributed by atoms with E-state index in [9.17, 15) is 4.79 Å². The molecular formula is C12H14N2OS. The van der Waals surface area contributed by atoms with E-state index in [2.05, 4.69) is 18.9 Å². The molecule has 0 saturated carbocycles. The van der Waals surface area contributed by atoms with Crippen molar-refractivity contribution >= 4 is 17.6 Å². The van der Waals surface area contributed by atoms with Crippen molar-refractivity contribution in [2.45, 2.75) is 20.4 Å². The monoisotopic (exact) mass is 234 g/mol. The van der Waals surface area contributed by atoms with Crippen molar-refractivity contribution in [1.29, 1.82) is 0 Å². The zero-order valence-corrected chi connectivity index (χ0v) is 10.2. The molecule has 3 nitrogen and oxygen atoms in total. The third-order valence-electron chi connectivity index (χ3n) is 2.26. The Morgan fingerprint density at radius 2 is 2.38 bits per heavy atom. The maximum absolute atomic E-state index is 11.0. The lowest BCUT2D eigenvalue weighted by Crippen LogP contribution is -2.04. The summed E-state index contributed by atoms with van der Waals surface area (Å²) in [6.07, 6.45) is 2.69. The van der Waals surface area contributed by atoms with Crippen molar-refractivity contribution in [2.24, 2.45) is 5.92 Å². The smallest absolute Gasteiger partial charge is 0.153 e. The second-order valence-corrected chi connectivity index (χ2v) is 4.96. The molecule has 2 aromatic heterocycles. The van der Waals surface area contributed by atoms with Crippen LogP contribution in [0.4, 0.5) is 0 Å². The van der Waals surface area contributed by atoms with E-state index in [0.717, 1.165) is 24.1 Å². The Labute approximate surface area is 98.7 Å². The van der Waals surface area contributed by atoms with Gasteiger partial charge in [-0.15, -0.1) is 0 Å². The fraction of sp³-hybridized carbons (Fsp3) is 0.333. The van der Waals surface area contributed by atoms with E-state index in [1.165, 1.54) is 0 Å². The number of rotatable bonds is 4. The maximum Gasteiger partial charge on any atom is 0.153 e. The van der Waals surface area contributed by atoms with Crippen LogP contribution in [-0.2, 0) is 6.54 Å². The summed E-state index contributed by atoms with van der Waals surface area (Å²) in [6, 6.07) is 1.99. The van der Waals surface area contributed by atoms with Crippen LogP contribution in [0.5, 0.6) is 0 Å². The summed E-state index contributed by atoms with van der Waals surface area (Å²) >= 11 is 1.61. The zero-order valence-electron chi connectivity index (χ0n) is 9.38. The van der Waals surface area contributed by atoms with Gasteiger partial charge in [-0.1, -0.05) is 13.8 Å². The van der Waals surface area contributed by atoms with E-state index in [-0.39, 0.29) is 0 Å². The third kappa shape index (κ3) is 2.22. The van der Waals surface area contributed by atoms with Gasteiger partial charge in [0.1, 0.15) is 5.69 Å². The Morgan fingerprint density at radius 3 is 2.94 bits per heavy atom. The van der Waals surface area contributed by atoms with Crippen LogP contribution in [0.15, 0.2) is 23.0 Å². The summed E-state index contributed by atoms with van der Waals surface area (Å²) in [5, 5.41) is 8.46. The van der Waals surface area contributed by atoms with Gasteiger partial charge in [-0.05, 0) is 17.4 Å². The number of carbonyl (C=O) groups is 1. The minimum absolute atomic E-state index is 0.523. The number of thiophene rings is 1. The normalized spacial score (nSPS) is 10.9. The number of aldehydes is 1. The van der Waals surface area contributed by atoms with Crippen molar-refractivity contribution in [3.05, 3.63) is 28.6 Å². The van der Waals surface area contributed by atoms with Gasteiger partial charge in [-0.2, -0.15) is 16.4 Å². The standard InChI is InChI=1S/C12H14N2OS/c1-9(2)5-14-6-11(7-15)12(13-14)10-3-4-16-8-10/h3-4,6-9H,5H2,1-2H3. The van der Waals surface area contributed by atoms with Crippen LogP contribution in [0, 0.1) is 5.92 Å². The molecule has 0 saturated heterocycles. The van der Waals surface area contributed by atoms with E-state index in [4.69, 9.17) is 0 Å². The summed E-state index contributed by atoms with van der Waals surface area (Å²) in [5.41, 5.74) is 2.48. The van der Waals surface area contributed by atoms with Crippen molar-refractivity contribution in [2.75, 3.05) is 0 Å². The first-order chi connectivity index (χ1) is 7.70. The maximum atomic E-state index is 11.0. The van der Waals surface area contributed by atoms with Crippen LogP contribution in [0.2, 0.25) is 0 Å². The largest absolute Gasteiger partial charge is 0.298 e. The highest BCUT2D eigenvalue weighted by Gasteiger charge is 2.11. The van der Waals surface area contributed by atoms with Gasteiger partial charge >= 0.3 is 0 Å². The van der Waals surface area contributed by atoms with Gasteiger partial charge < -0.3 is 0 Å². The molecule has 2 heterocycles. The molecule has 16 heavy (non-hydrogen) atoms. The van der Waals surface area contributed by atoms with Gasteiger partial charge in [0.2, 0.25) is 0 Å². The summed E-state index contributed by atoms with van der Waals surface area (Å²) in [7, 11) is 0. The fourth-order valence-electron chi connectivity index (χ4n) is 1.61. The fourth-order valence-corrected chi connectivity index (χ4v) is 2.25. The van der Waals surface area contributed by atoms with E-state index in [1.807, 2.05) is 27.7 Å². The highest BCUT2D eigenvalue weighted by Crippen LogP contribution is 2.23. The van der Waals surface area contributed by atoms with E-state index in [1.54, 1.807) is 11.3 Å². The lowest BCUT2D eigenvalue weighted by atomic mass is 10.2. The number of hydrogen-bond acceptors (Lipinski definition) is 3. The van der Waals surface area contributed by atoms with Gasteiger partial charge in [0.05, 0.1) is 5.56 Å². The molecule has 0 fully saturated rings. The molecule has 84 valence electrons. The molecule has 2 aromatic rings. The molecule has 0 aromatic carbocycles.